The molecule has 1 aliphatic rings. The first kappa shape index (κ1) is 11.1. The molecule has 0 spiro atoms. The summed E-state index contributed by atoms with van der Waals surface area (Å²) in [6.45, 7) is 3.06. The standard InChI is InChI=1S/C13H17NO2/c1-10(11-5-3-2-4-6-11)7-13(16)14-8-12(15)9-14/h2-6,10,12,15H,7-9H2,1H3. The van der Waals surface area contributed by atoms with Gasteiger partial charge in [-0.15, -0.1) is 0 Å². The molecule has 0 saturated carbocycles. The molecule has 2 rings (SSSR count). The minimum absolute atomic E-state index is 0.140. The van der Waals surface area contributed by atoms with E-state index in [0.717, 1.165) is 0 Å². The first-order chi connectivity index (χ1) is 7.66. The van der Waals surface area contributed by atoms with Crippen molar-refractivity contribution in [2.75, 3.05) is 13.1 Å². The predicted octanol–water partition coefficient (Wildman–Crippen LogP) is 1.38. The van der Waals surface area contributed by atoms with E-state index in [4.69, 9.17) is 5.11 Å². The molecule has 0 radical (unpaired) electrons. The van der Waals surface area contributed by atoms with Crippen LogP contribution in [0.15, 0.2) is 30.3 Å². The molecule has 1 aromatic carbocycles. The van der Waals surface area contributed by atoms with Crippen LogP contribution in [-0.2, 0) is 4.79 Å². The number of aliphatic hydroxyl groups excluding tert-OH is 1. The molecular formula is C13H17NO2. The maximum Gasteiger partial charge on any atom is 0.223 e. The number of hydrogen-bond donors (Lipinski definition) is 1. The summed E-state index contributed by atoms with van der Waals surface area (Å²) < 4.78 is 0. The molecule has 0 aromatic heterocycles. The molecule has 0 bridgehead atoms. The van der Waals surface area contributed by atoms with Crippen molar-refractivity contribution < 1.29 is 9.90 Å². The summed E-state index contributed by atoms with van der Waals surface area (Å²) in [6, 6.07) is 10.0. The lowest BCUT2D eigenvalue weighted by molar-refractivity contribution is -0.141. The first-order valence-electron chi connectivity index (χ1n) is 5.67. The van der Waals surface area contributed by atoms with Crippen molar-refractivity contribution in [1.82, 2.24) is 4.90 Å². The Morgan fingerprint density at radius 1 is 1.44 bits per heavy atom. The average molecular weight is 219 g/mol. The number of β-amino-alcohol motifs (C(OH)–C–C–N with tert-alkyl or cyclic N) is 1. The monoisotopic (exact) mass is 219 g/mol. The second kappa shape index (κ2) is 4.66. The first-order valence-corrected chi connectivity index (χ1v) is 5.67. The molecule has 86 valence electrons. The number of hydrogen-bond acceptors (Lipinski definition) is 2. The average Bonchev–Trinajstić information content (AvgIpc) is 2.26. The zero-order chi connectivity index (χ0) is 11.5. The van der Waals surface area contributed by atoms with Gasteiger partial charge in [0, 0.05) is 19.5 Å². The largest absolute Gasteiger partial charge is 0.389 e. The van der Waals surface area contributed by atoms with Crippen molar-refractivity contribution in [2.24, 2.45) is 0 Å². The van der Waals surface area contributed by atoms with Crippen molar-refractivity contribution in [3.05, 3.63) is 35.9 Å². The van der Waals surface area contributed by atoms with Gasteiger partial charge in [0.1, 0.15) is 0 Å². The summed E-state index contributed by atoms with van der Waals surface area (Å²) >= 11 is 0. The van der Waals surface area contributed by atoms with Gasteiger partial charge in [0.05, 0.1) is 6.10 Å². The SMILES string of the molecule is CC(CC(=O)N1CC(O)C1)c1ccccc1. The van der Waals surface area contributed by atoms with Crippen molar-refractivity contribution >= 4 is 5.91 Å². The van der Waals surface area contributed by atoms with E-state index in [-0.39, 0.29) is 17.9 Å². The highest BCUT2D eigenvalue weighted by Crippen LogP contribution is 2.21. The van der Waals surface area contributed by atoms with Gasteiger partial charge in [0.2, 0.25) is 5.91 Å². The molecule has 1 atom stereocenters. The van der Waals surface area contributed by atoms with Crippen LogP contribution in [0.1, 0.15) is 24.8 Å². The molecule has 1 N–H and O–H groups in total. The number of amides is 1. The highest BCUT2D eigenvalue weighted by Gasteiger charge is 2.29. The minimum Gasteiger partial charge on any atom is -0.389 e. The quantitative estimate of drug-likeness (QED) is 0.834. The van der Waals surface area contributed by atoms with Crippen LogP contribution in [0.2, 0.25) is 0 Å². The molecule has 1 amide bonds. The lowest BCUT2D eigenvalue weighted by Crippen LogP contribution is -2.53. The molecule has 1 aliphatic heterocycles. The maximum atomic E-state index is 11.8. The third kappa shape index (κ3) is 2.42. The summed E-state index contributed by atoms with van der Waals surface area (Å²) in [5, 5.41) is 9.12. The van der Waals surface area contributed by atoms with E-state index in [1.54, 1.807) is 4.90 Å². The van der Waals surface area contributed by atoms with E-state index in [1.807, 2.05) is 30.3 Å². The Kier molecular flexibility index (Phi) is 3.25. The number of carbonyl (C=O) groups is 1. The van der Waals surface area contributed by atoms with Crippen molar-refractivity contribution in [1.29, 1.82) is 0 Å². The Balaban J connectivity index is 1.88. The van der Waals surface area contributed by atoms with Crippen molar-refractivity contribution in [3.63, 3.8) is 0 Å². The smallest absolute Gasteiger partial charge is 0.223 e. The Morgan fingerprint density at radius 3 is 2.62 bits per heavy atom. The number of benzene rings is 1. The molecule has 0 aliphatic carbocycles. The normalized spacial score (nSPS) is 18.0. The van der Waals surface area contributed by atoms with Crippen LogP contribution in [0.25, 0.3) is 0 Å². The van der Waals surface area contributed by atoms with Crippen molar-refractivity contribution in [3.8, 4) is 0 Å². The molecule has 1 fully saturated rings. The number of rotatable bonds is 3. The summed E-state index contributed by atoms with van der Waals surface area (Å²) in [7, 11) is 0. The molecule has 1 aromatic rings. The predicted molar refractivity (Wildman–Crippen MR) is 62.1 cm³/mol. The van der Waals surface area contributed by atoms with E-state index in [2.05, 4.69) is 6.92 Å². The zero-order valence-electron chi connectivity index (χ0n) is 9.47. The van der Waals surface area contributed by atoms with Gasteiger partial charge >= 0.3 is 0 Å². The number of likely N-dealkylation sites (tertiary alicyclic amines) is 1. The number of nitrogens with zero attached hydrogens (tertiary/aromatic N) is 1. The van der Waals surface area contributed by atoms with Gasteiger partial charge < -0.3 is 10.0 Å². The summed E-state index contributed by atoms with van der Waals surface area (Å²) in [5.41, 5.74) is 1.19. The maximum absolute atomic E-state index is 11.8. The van der Waals surface area contributed by atoms with Gasteiger partial charge in [0.25, 0.3) is 0 Å². The van der Waals surface area contributed by atoms with Crippen molar-refractivity contribution in [2.45, 2.75) is 25.4 Å². The third-order valence-electron chi connectivity index (χ3n) is 3.06. The van der Waals surface area contributed by atoms with Crippen LogP contribution in [0.3, 0.4) is 0 Å². The molecule has 16 heavy (non-hydrogen) atoms. The molecule has 1 unspecified atom stereocenters. The van der Waals surface area contributed by atoms with E-state index < -0.39 is 0 Å². The number of carbonyl (C=O) groups excluding carboxylic acids is 1. The second-order valence-electron chi connectivity index (χ2n) is 4.47. The minimum atomic E-state index is -0.309. The second-order valence-corrected chi connectivity index (χ2v) is 4.47. The lowest BCUT2D eigenvalue weighted by Gasteiger charge is -2.36. The van der Waals surface area contributed by atoms with Gasteiger partial charge in [-0.3, -0.25) is 4.79 Å². The molecular weight excluding hydrogens is 202 g/mol. The highest BCUT2D eigenvalue weighted by atomic mass is 16.3. The van der Waals surface area contributed by atoms with Gasteiger partial charge in [0.15, 0.2) is 0 Å². The Labute approximate surface area is 95.7 Å². The van der Waals surface area contributed by atoms with Gasteiger partial charge in [-0.1, -0.05) is 37.3 Å². The zero-order valence-corrected chi connectivity index (χ0v) is 9.47. The molecule has 1 saturated heterocycles. The van der Waals surface area contributed by atoms with Gasteiger partial charge in [-0.2, -0.15) is 0 Å². The van der Waals surface area contributed by atoms with E-state index in [0.29, 0.717) is 19.5 Å². The van der Waals surface area contributed by atoms with Crippen LogP contribution in [-0.4, -0.2) is 35.1 Å². The van der Waals surface area contributed by atoms with Crippen LogP contribution in [0.5, 0.6) is 0 Å². The highest BCUT2D eigenvalue weighted by molar-refractivity contribution is 5.78. The molecule has 3 nitrogen and oxygen atoms in total. The van der Waals surface area contributed by atoms with Gasteiger partial charge in [-0.25, -0.2) is 0 Å². The fourth-order valence-electron chi connectivity index (χ4n) is 1.95. The molecule has 1 heterocycles. The van der Waals surface area contributed by atoms with Crippen LogP contribution >= 0.6 is 0 Å². The Bertz CT molecular complexity index is 357. The Morgan fingerprint density at radius 2 is 2.06 bits per heavy atom. The van der Waals surface area contributed by atoms with Crippen LogP contribution in [0, 0.1) is 0 Å². The van der Waals surface area contributed by atoms with E-state index in [1.165, 1.54) is 5.56 Å². The van der Waals surface area contributed by atoms with E-state index in [9.17, 15) is 4.79 Å². The van der Waals surface area contributed by atoms with E-state index >= 15 is 0 Å². The lowest BCUT2D eigenvalue weighted by atomic mass is 9.96. The fourth-order valence-corrected chi connectivity index (χ4v) is 1.95. The van der Waals surface area contributed by atoms with Crippen LogP contribution < -0.4 is 0 Å². The summed E-state index contributed by atoms with van der Waals surface area (Å²) in [6.07, 6.45) is 0.215. The number of aliphatic hydroxyl groups is 1. The fraction of sp³-hybridized carbons (Fsp3) is 0.462. The molecule has 3 heteroatoms. The summed E-state index contributed by atoms with van der Waals surface area (Å²) in [5.74, 6) is 0.382. The Hall–Kier alpha value is -1.35. The third-order valence-corrected chi connectivity index (χ3v) is 3.06. The van der Waals surface area contributed by atoms with Crippen LogP contribution in [0.4, 0.5) is 0 Å². The summed E-state index contributed by atoms with van der Waals surface area (Å²) in [4.78, 5) is 13.5. The topological polar surface area (TPSA) is 40.5 Å². The van der Waals surface area contributed by atoms with Gasteiger partial charge in [-0.05, 0) is 11.5 Å².